The molecule has 2 aliphatic heterocycles. The van der Waals surface area contributed by atoms with Crippen molar-refractivity contribution in [1.82, 2.24) is 34.9 Å². The maximum atomic E-state index is 11.5. The molecule has 0 radical (unpaired) electrons. The average molecular weight is 542 g/mol. The Morgan fingerprint density at radius 3 is 2.85 bits per heavy atom. The predicted octanol–water partition coefficient (Wildman–Crippen LogP) is 4.10. The first-order valence-corrected chi connectivity index (χ1v) is 14.3. The van der Waals surface area contributed by atoms with Gasteiger partial charge in [0.15, 0.2) is 0 Å². The lowest BCUT2D eigenvalue weighted by Gasteiger charge is -2.47. The topological polar surface area (TPSA) is 103 Å². The Hall–Kier alpha value is -3.28. The highest BCUT2D eigenvalue weighted by atomic mass is 32.1. The Labute approximate surface area is 230 Å². The first-order valence-electron chi connectivity index (χ1n) is 13.5. The molecule has 0 amide bonds. The van der Waals surface area contributed by atoms with Crippen LogP contribution in [0.25, 0.3) is 21.1 Å². The average Bonchev–Trinajstić information content (AvgIpc) is 3.62. The van der Waals surface area contributed by atoms with E-state index in [0.29, 0.717) is 25.9 Å². The zero-order chi connectivity index (χ0) is 26.2. The van der Waals surface area contributed by atoms with Crippen molar-refractivity contribution in [3.8, 4) is 0 Å². The zero-order valence-electron chi connectivity index (χ0n) is 21.6. The van der Waals surface area contributed by atoms with Gasteiger partial charge in [-0.05, 0) is 42.7 Å². The van der Waals surface area contributed by atoms with Gasteiger partial charge in [0.1, 0.15) is 6.33 Å². The maximum absolute atomic E-state index is 11.5. The van der Waals surface area contributed by atoms with E-state index in [1.807, 2.05) is 36.7 Å². The number of piperidine rings is 1. The number of morpholine rings is 1. The Balaban J connectivity index is 1.17. The molecular formula is C29H31N7O2S. The molecule has 2 fully saturated rings. The van der Waals surface area contributed by atoms with E-state index in [0.717, 1.165) is 58.6 Å². The highest BCUT2D eigenvalue weighted by Crippen LogP contribution is 2.40. The summed E-state index contributed by atoms with van der Waals surface area (Å²) in [6.07, 6.45) is 9.20. The van der Waals surface area contributed by atoms with Gasteiger partial charge in [0.25, 0.3) is 0 Å². The van der Waals surface area contributed by atoms with E-state index >= 15 is 0 Å². The number of aliphatic hydroxyl groups is 1. The Morgan fingerprint density at radius 2 is 2.00 bits per heavy atom. The Bertz CT molecular complexity index is 1530. The van der Waals surface area contributed by atoms with Crippen molar-refractivity contribution in [3.63, 3.8) is 0 Å². The summed E-state index contributed by atoms with van der Waals surface area (Å²) in [5, 5.41) is 19.9. The fourth-order valence-electron chi connectivity index (χ4n) is 6.08. The molecule has 0 spiro atoms. The number of nitrogens with one attached hydrogen (secondary N) is 1. The number of aromatic amines is 1. The third kappa shape index (κ3) is 4.94. The molecule has 7 rings (SSSR count). The molecule has 2 aliphatic rings. The summed E-state index contributed by atoms with van der Waals surface area (Å²) < 4.78 is 7.43. The number of hydrogen-bond acceptors (Lipinski definition) is 9. The van der Waals surface area contributed by atoms with Crippen LogP contribution in [-0.2, 0) is 11.2 Å². The minimum absolute atomic E-state index is 0.0531. The van der Waals surface area contributed by atoms with Gasteiger partial charge in [-0.2, -0.15) is 5.10 Å². The van der Waals surface area contributed by atoms with E-state index in [1.165, 1.54) is 4.88 Å². The van der Waals surface area contributed by atoms with Gasteiger partial charge in [0.2, 0.25) is 0 Å². The van der Waals surface area contributed by atoms with Crippen LogP contribution in [0.4, 0.5) is 0 Å². The molecule has 6 heterocycles. The summed E-state index contributed by atoms with van der Waals surface area (Å²) in [6, 6.07) is 14.4. The van der Waals surface area contributed by atoms with Crippen molar-refractivity contribution in [2.45, 2.75) is 37.1 Å². The molecule has 0 aliphatic carbocycles. The lowest BCUT2D eigenvalue weighted by molar-refractivity contribution is -0.0987. The van der Waals surface area contributed by atoms with Crippen LogP contribution in [0.1, 0.15) is 41.2 Å². The first kappa shape index (κ1) is 24.7. The number of aromatic nitrogens is 5. The van der Waals surface area contributed by atoms with Crippen LogP contribution in [0.3, 0.4) is 0 Å². The number of thiophene rings is 1. The Kier molecular flexibility index (Phi) is 6.57. The van der Waals surface area contributed by atoms with Crippen molar-refractivity contribution in [3.05, 3.63) is 83.5 Å². The molecule has 2 atom stereocenters. The molecule has 1 aromatic carbocycles. The van der Waals surface area contributed by atoms with Gasteiger partial charge in [-0.3, -0.25) is 19.9 Å². The molecule has 10 heteroatoms. The van der Waals surface area contributed by atoms with Crippen LogP contribution in [-0.4, -0.2) is 78.4 Å². The van der Waals surface area contributed by atoms with Crippen molar-refractivity contribution in [1.29, 1.82) is 0 Å². The largest absolute Gasteiger partial charge is 0.389 e. The molecule has 200 valence electrons. The number of H-pyrrole nitrogens is 1. The minimum atomic E-state index is -0.745. The fourth-order valence-corrected chi connectivity index (χ4v) is 7.23. The second kappa shape index (κ2) is 10.4. The molecule has 4 aromatic heterocycles. The number of fused-ring (bicyclic) bond motifs is 2. The highest BCUT2D eigenvalue weighted by molar-refractivity contribution is 7.19. The number of ether oxygens (including phenoxy) is 1. The first-order chi connectivity index (χ1) is 19.2. The fraction of sp³-hybridized carbons (Fsp3) is 0.379. The lowest BCUT2D eigenvalue weighted by Crippen LogP contribution is -2.52. The monoisotopic (exact) mass is 541 g/mol. The predicted molar refractivity (Wildman–Crippen MR) is 150 cm³/mol. The summed E-state index contributed by atoms with van der Waals surface area (Å²) in [6.45, 7) is 3.85. The molecule has 0 saturated carbocycles. The SMILES string of the molecule is OC1(Cc2ccccn2)CCN(C(c2cc3ncncc3s2)N2CCOC(c3cccc4[nH]ncc34)C2)CC1. The summed E-state index contributed by atoms with van der Waals surface area (Å²) in [5.74, 6) is 0. The van der Waals surface area contributed by atoms with E-state index in [9.17, 15) is 5.11 Å². The van der Waals surface area contributed by atoms with E-state index in [4.69, 9.17) is 4.74 Å². The molecule has 0 bridgehead atoms. The summed E-state index contributed by atoms with van der Waals surface area (Å²) in [5.41, 5.74) is 3.36. The van der Waals surface area contributed by atoms with Gasteiger partial charge < -0.3 is 9.84 Å². The van der Waals surface area contributed by atoms with Crippen LogP contribution in [0.15, 0.2) is 67.4 Å². The number of nitrogens with zero attached hydrogens (tertiary/aromatic N) is 6. The number of pyridine rings is 1. The highest BCUT2D eigenvalue weighted by Gasteiger charge is 2.39. The van der Waals surface area contributed by atoms with Gasteiger partial charge in [0.05, 0.1) is 46.4 Å². The summed E-state index contributed by atoms with van der Waals surface area (Å²) >= 11 is 1.76. The quantitative estimate of drug-likeness (QED) is 0.331. The van der Waals surface area contributed by atoms with E-state index in [1.54, 1.807) is 23.9 Å². The van der Waals surface area contributed by atoms with Gasteiger partial charge in [-0.1, -0.05) is 18.2 Å². The van der Waals surface area contributed by atoms with Crippen LogP contribution in [0.2, 0.25) is 0 Å². The second-order valence-corrected chi connectivity index (χ2v) is 11.7. The molecule has 39 heavy (non-hydrogen) atoms. The lowest BCUT2D eigenvalue weighted by atomic mass is 9.86. The third-order valence-electron chi connectivity index (χ3n) is 8.09. The molecular weight excluding hydrogens is 510 g/mol. The van der Waals surface area contributed by atoms with Crippen molar-refractivity contribution < 1.29 is 9.84 Å². The van der Waals surface area contributed by atoms with Crippen molar-refractivity contribution in [2.24, 2.45) is 0 Å². The summed E-state index contributed by atoms with van der Waals surface area (Å²) in [4.78, 5) is 19.5. The van der Waals surface area contributed by atoms with Crippen molar-refractivity contribution in [2.75, 3.05) is 32.8 Å². The number of hydrogen-bond donors (Lipinski definition) is 2. The van der Waals surface area contributed by atoms with Crippen LogP contribution < -0.4 is 0 Å². The van der Waals surface area contributed by atoms with E-state index < -0.39 is 5.60 Å². The smallest absolute Gasteiger partial charge is 0.116 e. The normalized spacial score (nSPS) is 21.4. The molecule has 9 nitrogen and oxygen atoms in total. The number of benzene rings is 1. The molecule has 5 aromatic rings. The van der Waals surface area contributed by atoms with Crippen molar-refractivity contribution >= 4 is 32.5 Å². The number of likely N-dealkylation sites (tertiary alicyclic amines) is 1. The Morgan fingerprint density at radius 1 is 1.08 bits per heavy atom. The van der Waals surface area contributed by atoms with Crippen LogP contribution in [0.5, 0.6) is 0 Å². The van der Waals surface area contributed by atoms with E-state index in [2.05, 4.69) is 53.1 Å². The van der Waals surface area contributed by atoms with Gasteiger partial charge in [-0.15, -0.1) is 11.3 Å². The van der Waals surface area contributed by atoms with E-state index in [-0.39, 0.29) is 12.3 Å². The minimum Gasteiger partial charge on any atom is -0.389 e. The maximum Gasteiger partial charge on any atom is 0.116 e. The molecule has 2 unspecified atom stereocenters. The van der Waals surface area contributed by atoms with Crippen LogP contribution >= 0.6 is 11.3 Å². The summed E-state index contributed by atoms with van der Waals surface area (Å²) in [7, 11) is 0. The molecule has 2 N–H and O–H groups in total. The van der Waals surface area contributed by atoms with Crippen LogP contribution in [0, 0.1) is 0 Å². The van der Waals surface area contributed by atoms with Gasteiger partial charge in [-0.25, -0.2) is 9.97 Å². The van der Waals surface area contributed by atoms with Gasteiger partial charge >= 0.3 is 0 Å². The zero-order valence-corrected chi connectivity index (χ0v) is 22.4. The second-order valence-electron chi connectivity index (χ2n) is 10.6. The number of rotatable bonds is 6. The molecule has 2 saturated heterocycles. The van der Waals surface area contributed by atoms with Gasteiger partial charge in [0, 0.05) is 61.0 Å². The third-order valence-corrected chi connectivity index (χ3v) is 9.19. The standard InChI is InChI=1S/C29H31N7O2S/c37-29(15-20-4-1-2-9-31-20)7-10-35(11-8-29)28(26-14-24-27(39-26)17-30-19-32-24)36-12-13-38-25(18-36)21-5-3-6-23-22(21)16-33-34-23/h1-6,9,14,16-17,19,25,28,37H,7-8,10-13,15,18H2,(H,33,34).